The Morgan fingerprint density at radius 2 is 1.57 bits per heavy atom. The number of hydrogen-bond donors (Lipinski definition) is 0. The average Bonchev–Trinajstić information content (AvgIpc) is 2.73. The predicted molar refractivity (Wildman–Crippen MR) is 109 cm³/mol. The van der Waals surface area contributed by atoms with Crippen LogP contribution in [-0.4, -0.2) is 51.9 Å². The van der Waals surface area contributed by atoms with Crippen LogP contribution in [0.25, 0.3) is 11.4 Å². The van der Waals surface area contributed by atoms with E-state index in [1.165, 1.54) is 0 Å². The van der Waals surface area contributed by atoms with Crippen molar-refractivity contribution in [3.8, 4) is 11.4 Å². The number of amides is 1. The third kappa shape index (κ3) is 3.86. The van der Waals surface area contributed by atoms with Gasteiger partial charge in [0.05, 0.1) is 0 Å². The summed E-state index contributed by atoms with van der Waals surface area (Å²) in [6, 6.07) is 13.6. The minimum Gasteiger partial charge on any atom is -0.368 e. The standard InChI is InChI=1S/C22H23N5O/c1-16-14-17(2)25-21(24-16)18-4-3-5-19(15-18)22(28)27-12-10-26(11-13-27)20-6-8-23-9-7-20/h3-9,14-15H,10-13H2,1-2H3. The van der Waals surface area contributed by atoms with Gasteiger partial charge in [-0.2, -0.15) is 0 Å². The molecule has 1 saturated heterocycles. The average molecular weight is 373 g/mol. The molecule has 0 spiro atoms. The molecule has 0 aliphatic carbocycles. The van der Waals surface area contributed by atoms with E-state index in [9.17, 15) is 4.79 Å². The van der Waals surface area contributed by atoms with Crippen LogP contribution in [-0.2, 0) is 0 Å². The molecule has 0 bridgehead atoms. The Morgan fingerprint density at radius 3 is 2.25 bits per heavy atom. The molecule has 28 heavy (non-hydrogen) atoms. The van der Waals surface area contributed by atoms with Gasteiger partial charge >= 0.3 is 0 Å². The van der Waals surface area contributed by atoms with Gasteiger partial charge in [-0.05, 0) is 44.2 Å². The molecule has 0 saturated carbocycles. The van der Waals surface area contributed by atoms with Crippen LogP contribution >= 0.6 is 0 Å². The van der Waals surface area contributed by atoms with Crippen molar-refractivity contribution in [1.82, 2.24) is 19.9 Å². The molecular weight excluding hydrogens is 350 g/mol. The van der Waals surface area contributed by atoms with Gasteiger partial charge in [0.15, 0.2) is 5.82 Å². The van der Waals surface area contributed by atoms with Crippen molar-refractivity contribution < 1.29 is 4.79 Å². The molecule has 6 heteroatoms. The maximum Gasteiger partial charge on any atom is 0.253 e. The molecule has 0 atom stereocenters. The van der Waals surface area contributed by atoms with E-state index >= 15 is 0 Å². The lowest BCUT2D eigenvalue weighted by molar-refractivity contribution is 0.0747. The molecule has 2 aromatic heterocycles. The van der Waals surface area contributed by atoms with Crippen molar-refractivity contribution in [2.75, 3.05) is 31.1 Å². The number of carbonyl (C=O) groups is 1. The van der Waals surface area contributed by atoms with Gasteiger partial charge in [0, 0.05) is 66.8 Å². The Labute approximate surface area is 164 Å². The van der Waals surface area contributed by atoms with Gasteiger partial charge in [-0.3, -0.25) is 9.78 Å². The highest BCUT2D eigenvalue weighted by molar-refractivity contribution is 5.95. The molecule has 0 N–H and O–H groups in total. The monoisotopic (exact) mass is 373 g/mol. The summed E-state index contributed by atoms with van der Waals surface area (Å²) in [5.41, 5.74) is 4.54. The van der Waals surface area contributed by atoms with Crippen LogP contribution in [0, 0.1) is 13.8 Å². The Kier molecular flexibility index (Phi) is 5.02. The summed E-state index contributed by atoms with van der Waals surface area (Å²) in [5, 5.41) is 0. The first-order valence-corrected chi connectivity index (χ1v) is 9.47. The summed E-state index contributed by atoms with van der Waals surface area (Å²) in [7, 11) is 0. The van der Waals surface area contributed by atoms with Gasteiger partial charge in [0.1, 0.15) is 0 Å². The molecule has 4 rings (SSSR count). The first kappa shape index (κ1) is 18.1. The lowest BCUT2D eigenvalue weighted by Gasteiger charge is -2.36. The van der Waals surface area contributed by atoms with Crippen molar-refractivity contribution in [1.29, 1.82) is 0 Å². The SMILES string of the molecule is Cc1cc(C)nc(-c2cccc(C(=O)N3CCN(c4ccncc4)CC3)c2)n1. The zero-order chi connectivity index (χ0) is 19.5. The molecule has 1 fully saturated rings. The molecule has 0 unspecified atom stereocenters. The lowest BCUT2D eigenvalue weighted by atomic mass is 10.1. The van der Waals surface area contributed by atoms with Gasteiger partial charge in [0.2, 0.25) is 0 Å². The number of anilines is 1. The fourth-order valence-electron chi connectivity index (χ4n) is 3.55. The molecular formula is C22H23N5O. The van der Waals surface area contributed by atoms with Crippen molar-refractivity contribution in [3.05, 3.63) is 71.8 Å². The Bertz CT molecular complexity index is 961. The number of benzene rings is 1. The fraction of sp³-hybridized carbons (Fsp3) is 0.273. The highest BCUT2D eigenvalue weighted by Gasteiger charge is 2.22. The minimum absolute atomic E-state index is 0.0561. The zero-order valence-electron chi connectivity index (χ0n) is 16.2. The van der Waals surface area contributed by atoms with Gasteiger partial charge in [-0.15, -0.1) is 0 Å². The van der Waals surface area contributed by atoms with Crippen LogP contribution in [0.2, 0.25) is 0 Å². The van der Waals surface area contributed by atoms with Crippen LogP contribution < -0.4 is 4.90 Å². The summed E-state index contributed by atoms with van der Waals surface area (Å²) in [5.74, 6) is 0.718. The van der Waals surface area contributed by atoms with Crippen LogP contribution in [0.5, 0.6) is 0 Å². The first-order chi connectivity index (χ1) is 13.6. The van der Waals surface area contributed by atoms with Crippen molar-refractivity contribution in [2.24, 2.45) is 0 Å². The molecule has 1 aliphatic rings. The van der Waals surface area contributed by atoms with Crippen LogP contribution in [0.15, 0.2) is 54.9 Å². The topological polar surface area (TPSA) is 62.2 Å². The summed E-state index contributed by atoms with van der Waals surface area (Å²) >= 11 is 0. The fourth-order valence-corrected chi connectivity index (χ4v) is 3.55. The predicted octanol–water partition coefficient (Wildman–Crippen LogP) is 3.12. The smallest absolute Gasteiger partial charge is 0.253 e. The maximum absolute atomic E-state index is 13.0. The second kappa shape index (κ2) is 7.76. The van der Waals surface area contributed by atoms with Crippen molar-refractivity contribution >= 4 is 11.6 Å². The van der Waals surface area contributed by atoms with E-state index in [4.69, 9.17) is 0 Å². The number of aromatic nitrogens is 3. The van der Waals surface area contributed by atoms with Crippen molar-refractivity contribution in [3.63, 3.8) is 0 Å². The number of piperazine rings is 1. The molecule has 142 valence electrons. The molecule has 6 nitrogen and oxygen atoms in total. The number of aryl methyl sites for hydroxylation is 2. The molecule has 1 aliphatic heterocycles. The Balaban J connectivity index is 1.48. The largest absolute Gasteiger partial charge is 0.368 e. The highest BCUT2D eigenvalue weighted by Crippen LogP contribution is 2.20. The van der Waals surface area contributed by atoms with Crippen LogP contribution in [0.4, 0.5) is 5.69 Å². The quantitative estimate of drug-likeness (QED) is 0.706. The van der Waals surface area contributed by atoms with Gasteiger partial charge in [0.25, 0.3) is 5.91 Å². The highest BCUT2D eigenvalue weighted by atomic mass is 16.2. The first-order valence-electron chi connectivity index (χ1n) is 9.47. The summed E-state index contributed by atoms with van der Waals surface area (Å²) < 4.78 is 0. The zero-order valence-corrected chi connectivity index (χ0v) is 16.2. The van der Waals surface area contributed by atoms with E-state index in [1.54, 1.807) is 12.4 Å². The molecule has 0 radical (unpaired) electrons. The Hall–Kier alpha value is -3.28. The van der Waals surface area contributed by atoms with Crippen LogP contribution in [0.1, 0.15) is 21.7 Å². The number of carbonyl (C=O) groups excluding carboxylic acids is 1. The summed E-state index contributed by atoms with van der Waals surface area (Å²) in [6.07, 6.45) is 3.60. The third-order valence-corrected chi connectivity index (χ3v) is 4.94. The number of pyridine rings is 1. The molecule has 3 aromatic rings. The second-order valence-corrected chi connectivity index (χ2v) is 7.04. The maximum atomic E-state index is 13.0. The van der Waals surface area contributed by atoms with E-state index in [2.05, 4.69) is 19.9 Å². The molecule has 3 heterocycles. The number of hydrogen-bond acceptors (Lipinski definition) is 5. The van der Waals surface area contributed by atoms with Crippen LogP contribution in [0.3, 0.4) is 0 Å². The lowest BCUT2D eigenvalue weighted by Crippen LogP contribution is -2.48. The van der Waals surface area contributed by atoms with Gasteiger partial charge in [-0.1, -0.05) is 12.1 Å². The summed E-state index contributed by atoms with van der Waals surface area (Å²) in [4.78, 5) is 30.3. The number of nitrogens with zero attached hydrogens (tertiary/aromatic N) is 5. The van der Waals surface area contributed by atoms with E-state index < -0.39 is 0 Å². The van der Waals surface area contributed by atoms with E-state index in [0.29, 0.717) is 24.5 Å². The van der Waals surface area contributed by atoms with Gasteiger partial charge < -0.3 is 9.80 Å². The van der Waals surface area contributed by atoms with Crippen molar-refractivity contribution in [2.45, 2.75) is 13.8 Å². The summed E-state index contributed by atoms with van der Waals surface area (Å²) in [6.45, 7) is 6.94. The second-order valence-electron chi connectivity index (χ2n) is 7.04. The minimum atomic E-state index is 0.0561. The van der Waals surface area contributed by atoms with E-state index in [-0.39, 0.29) is 5.91 Å². The van der Waals surface area contributed by atoms with E-state index in [1.807, 2.05) is 61.2 Å². The molecule has 1 aromatic carbocycles. The number of rotatable bonds is 3. The van der Waals surface area contributed by atoms with E-state index in [0.717, 1.165) is 35.7 Å². The third-order valence-electron chi connectivity index (χ3n) is 4.94. The molecule has 1 amide bonds. The normalized spacial score (nSPS) is 14.2. The Morgan fingerprint density at radius 1 is 0.893 bits per heavy atom. The van der Waals surface area contributed by atoms with Gasteiger partial charge in [-0.25, -0.2) is 9.97 Å².